The average Bonchev–Trinajstić information content (AvgIpc) is 3.10. The number of hydrogen-bond donors (Lipinski definition) is 1. The Kier molecular flexibility index (Phi) is 6.48. The predicted molar refractivity (Wildman–Crippen MR) is 107 cm³/mol. The molecule has 0 unspecified atom stereocenters. The zero-order valence-corrected chi connectivity index (χ0v) is 16.5. The lowest BCUT2D eigenvalue weighted by Crippen LogP contribution is -2.31. The van der Waals surface area contributed by atoms with E-state index in [1.807, 2.05) is 19.9 Å². The number of para-hydroxylation sites is 1. The number of aromatic amines is 1. The van der Waals surface area contributed by atoms with Gasteiger partial charge in [-0.05, 0) is 25.5 Å². The van der Waals surface area contributed by atoms with Crippen LogP contribution >= 0.6 is 0 Å². The van der Waals surface area contributed by atoms with Gasteiger partial charge in [0.15, 0.2) is 17.8 Å². The summed E-state index contributed by atoms with van der Waals surface area (Å²) in [4.78, 5) is 43.4. The molecule has 0 atom stereocenters. The molecule has 154 valence electrons. The molecule has 0 amide bonds. The van der Waals surface area contributed by atoms with E-state index in [4.69, 9.17) is 9.47 Å². The van der Waals surface area contributed by atoms with Gasteiger partial charge in [-0.2, -0.15) is 0 Å². The zero-order valence-electron chi connectivity index (χ0n) is 16.5. The number of benzene rings is 1. The van der Waals surface area contributed by atoms with E-state index in [1.165, 1.54) is 4.57 Å². The molecule has 0 fully saturated rings. The van der Waals surface area contributed by atoms with Crippen LogP contribution in [0.3, 0.4) is 0 Å². The molecule has 1 N–H and O–H groups in total. The normalized spacial score (nSPS) is 11.0. The fraction of sp³-hybridized carbons (Fsp3) is 0.400. The van der Waals surface area contributed by atoms with Crippen molar-refractivity contribution in [2.75, 3.05) is 6.61 Å². The molecule has 2 aromatic heterocycles. The molecule has 3 aromatic rings. The quantitative estimate of drug-likeness (QED) is 0.549. The smallest absolute Gasteiger partial charge is 0.344 e. The van der Waals surface area contributed by atoms with Crippen molar-refractivity contribution in [3.05, 3.63) is 57.0 Å². The maximum Gasteiger partial charge on any atom is 0.344 e. The van der Waals surface area contributed by atoms with Crippen molar-refractivity contribution < 1.29 is 14.3 Å². The van der Waals surface area contributed by atoms with Crippen molar-refractivity contribution in [1.82, 2.24) is 19.1 Å². The zero-order chi connectivity index (χ0) is 20.8. The van der Waals surface area contributed by atoms with Gasteiger partial charge in [-0.3, -0.25) is 14.3 Å². The fourth-order valence-corrected chi connectivity index (χ4v) is 3.04. The number of hydrogen-bond acceptors (Lipinski definition) is 6. The molecule has 0 aliphatic carbocycles. The number of imidazole rings is 1. The number of carbonyl (C=O) groups is 1. The number of carbonyl (C=O) groups excluding carboxylic acids is 1. The summed E-state index contributed by atoms with van der Waals surface area (Å²) in [5.74, 6) is 0.412. The van der Waals surface area contributed by atoms with Crippen molar-refractivity contribution in [2.45, 2.75) is 46.4 Å². The minimum atomic E-state index is -0.555. The van der Waals surface area contributed by atoms with Crippen molar-refractivity contribution in [1.29, 1.82) is 0 Å². The van der Waals surface area contributed by atoms with Crippen LogP contribution in [0, 0.1) is 0 Å². The van der Waals surface area contributed by atoms with Crippen LogP contribution in [-0.2, 0) is 29.2 Å². The van der Waals surface area contributed by atoms with Crippen LogP contribution in [0.2, 0.25) is 0 Å². The monoisotopic (exact) mass is 400 g/mol. The molecule has 0 spiro atoms. The van der Waals surface area contributed by atoms with E-state index in [0.29, 0.717) is 35.8 Å². The van der Waals surface area contributed by atoms with Crippen molar-refractivity contribution in [3.8, 4) is 5.75 Å². The summed E-state index contributed by atoms with van der Waals surface area (Å²) in [6.45, 7) is 4.40. The Morgan fingerprint density at radius 1 is 1.14 bits per heavy atom. The van der Waals surface area contributed by atoms with Crippen molar-refractivity contribution in [2.24, 2.45) is 0 Å². The van der Waals surface area contributed by atoms with Crippen LogP contribution in [0.5, 0.6) is 5.75 Å². The van der Waals surface area contributed by atoms with Crippen LogP contribution < -0.4 is 16.0 Å². The molecule has 3 rings (SSSR count). The number of unbranched alkanes of at least 4 members (excludes halogenated alkanes) is 1. The van der Waals surface area contributed by atoms with E-state index in [9.17, 15) is 14.4 Å². The number of nitrogens with one attached hydrogen (secondary N) is 1. The van der Waals surface area contributed by atoms with E-state index in [2.05, 4.69) is 9.97 Å². The van der Waals surface area contributed by atoms with Gasteiger partial charge in [0.25, 0.3) is 5.56 Å². The first-order valence-electron chi connectivity index (χ1n) is 9.60. The number of fused-ring (bicyclic) bond motifs is 1. The summed E-state index contributed by atoms with van der Waals surface area (Å²) in [5.41, 5.74) is -0.385. The molecular weight excluding hydrogens is 376 g/mol. The lowest BCUT2D eigenvalue weighted by atomic mass is 10.3. The highest BCUT2D eigenvalue weighted by molar-refractivity contribution is 5.72. The maximum atomic E-state index is 12.4. The second-order valence-electron chi connectivity index (χ2n) is 6.47. The van der Waals surface area contributed by atoms with Gasteiger partial charge < -0.3 is 14.0 Å². The summed E-state index contributed by atoms with van der Waals surface area (Å²) in [5, 5.41) is 0. The van der Waals surface area contributed by atoms with E-state index >= 15 is 0 Å². The summed E-state index contributed by atoms with van der Waals surface area (Å²) in [6, 6.07) is 8.94. The van der Waals surface area contributed by atoms with E-state index in [-0.39, 0.29) is 13.2 Å². The fourth-order valence-electron chi connectivity index (χ4n) is 3.04. The van der Waals surface area contributed by atoms with Gasteiger partial charge in [0.1, 0.15) is 18.2 Å². The van der Waals surface area contributed by atoms with Crippen LogP contribution in [0.25, 0.3) is 11.2 Å². The van der Waals surface area contributed by atoms with Gasteiger partial charge in [-0.15, -0.1) is 0 Å². The predicted octanol–water partition coefficient (Wildman–Crippen LogP) is 1.83. The molecule has 1 aromatic carbocycles. The summed E-state index contributed by atoms with van der Waals surface area (Å²) >= 11 is 0. The highest BCUT2D eigenvalue weighted by Gasteiger charge is 2.18. The third-order valence-corrected chi connectivity index (χ3v) is 4.48. The second-order valence-corrected chi connectivity index (χ2v) is 6.47. The Bertz CT molecular complexity index is 1100. The number of rotatable bonds is 9. The minimum absolute atomic E-state index is 0.124. The number of ether oxygens (including phenoxy) is 2. The first-order valence-corrected chi connectivity index (χ1v) is 9.60. The highest BCUT2D eigenvalue weighted by Crippen LogP contribution is 2.13. The van der Waals surface area contributed by atoms with Gasteiger partial charge in [0, 0.05) is 13.1 Å². The van der Waals surface area contributed by atoms with Crippen LogP contribution in [0.1, 0.15) is 32.5 Å². The number of nitrogens with zero attached hydrogens (tertiary/aromatic N) is 3. The topological polar surface area (TPSA) is 108 Å². The Hall–Kier alpha value is -3.36. The molecule has 9 heteroatoms. The van der Waals surface area contributed by atoms with Crippen molar-refractivity contribution in [3.63, 3.8) is 0 Å². The van der Waals surface area contributed by atoms with E-state index in [1.54, 1.807) is 28.8 Å². The third-order valence-electron chi connectivity index (χ3n) is 4.48. The van der Waals surface area contributed by atoms with Gasteiger partial charge in [-0.25, -0.2) is 14.6 Å². The Morgan fingerprint density at radius 3 is 2.59 bits per heavy atom. The Morgan fingerprint density at radius 2 is 1.90 bits per heavy atom. The Balaban J connectivity index is 1.80. The lowest BCUT2D eigenvalue weighted by Gasteiger charge is -2.08. The minimum Gasteiger partial charge on any atom is -0.482 e. The Labute approximate surface area is 166 Å². The summed E-state index contributed by atoms with van der Waals surface area (Å²) < 4.78 is 13.7. The molecule has 0 radical (unpaired) electrons. The maximum absolute atomic E-state index is 12.4. The SMILES string of the molecule is CCCCn1c(=O)[nH]c(=O)c2c1nc(COC(=O)COc1ccccc1)n2CC. The molecular formula is C20H24N4O5. The van der Waals surface area contributed by atoms with Crippen molar-refractivity contribution >= 4 is 17.1 Å². The highest BCUT2D eigenvalue weighted by atomic mass is 16.6. The number of H-pyrrole nitrogens is 1. The lowest BCUT2D eigenvalue weighted by molar-refractivity contribution is -0.147. The first kappa shape index (κ1) is 20.4. The molecule has 9 nitrogen and oxygen atoms in total. The second kappa shape index (κ2) is 9.22. The van der Waals surface area contributed by atoms with Crippen LogP contribution in [-0.4, -0.2) is 31.7 Å². The number of aryl methyl sites for hydroxylation is 2. The van der Waals surface area contributed by atoms with Gasteiger partial charge in [0.05, 0.1) is 0 Å². The van der Waals surface area contributed by atoms with Gasteiger partial charge in [0.2, 0.25) is 0 Å². The molecule has 2 heterocycles. The standard InChI is InChI=1S/C20H24N4O5/c1-3-5-11-24-18-17(19(26)22-20(24)27)23(4-2)15(21-18)12-29-16(25)13-28-14-9-7-6-8-10-14/h6-10H,3-5,11-13H2,1-2H3,(H,22,26,27). The number of esters is 1. The number of aromatic nitrogens is 4. The molecule has 29 heavy (non-hydrogen) atoms. The van der Waals surface area contributed by atoms with E-state index < -0.39 is 17.2 Å². The molecule has 0 aliphatic heterocycles. The third kappa shape index (κ3) is 4.56. The van der Waals surface area contributed by atoms with Crippen LogP contribution in [0.15, 0.2) is 39.9 Å². The van der Waals surface area contributed by atoms with E-state index in [0.717, 1.165) is 12.8 Å². The summed E-state index contributed by atoms with van der Waals surface area (Å²) in [7, 11) is 0. The molecule has 0 saturated carbocycles. The van der Waals surface area contributed by atoms with Gasteiger partial charge in [-0.1, -0.05) is 31.5 Å². The molecule has 0 bridgehead atoms. The van der Waals surface area contributed by atoms with Crippen LogP contribution in [0.4, 0.5) is 0 Å². The largest absolute Gasteiger partial charge is 0.482 e. The molecule has 0 saturated heterocycles. The van der Waals surface area contributed by atoms with Gasteiger partial charge >= 0.3 is 11.7 Å². The first-order chi connectivity index (χ1) is 14.0. The summed E-state index contributed by atoms with van der Waals surface area (Å²) in [6.07, 6.45) is 1.68. The average molecular weight is 400 g/mol. The molecule has 0 aliphatic rings.